The van der Waals surface area contributed by atoms with E-state index in [-0.39, 0.29) is 38.0 Å². The number of aromatic nitrogens is 3. The van der Waals surface area contributed by atoms with Crippen molar-refractivity contribution in [1.82, 2.24) is 15.0 Å². The van der Waals surface area contributed by atoms with Crippen LogP contribution in [0, 0.1) is 18.0 Å². The summed E-state index contributed by atoms with van der Waals surface area (Å²) in [5.74, 6) is -2.36. The molecule has 1 amide bonds. The molecular formula is C28H24F2N4OPt. The van der Waals surface area contributed by atoms with E-state index in [2.05, 4.69) is 26.3 Å². The van der Waals surface area contributed by atoms with Gasteiger partial charge >= 0.3 is 21.1 Å². The Hall–Kier alpha value is -3.31. The van der Waals surface area contributed by atoms with Crippen molar-refractivity contribution in [3.8, 4) is 11.3 Å². The minimum Gasteiger partial charge on any atom is -0.639 e. The second-order valence-electron chi connectivity index (χ2n) is 9.17. The number of hydrogen-bond donors (Lipinski definition) is 0. The van der Waals surface area contributed by atoms with Crippen molar-refractivity contribution in [2.75, 3.05) is 0 Å². The monoisotopic (exact) mass is 665 g/mol. The number of carbonyl (C=O) groups excluding carboxylic acids is 1. The number of pyridine rings is 3. The average Bonchev–Trinajstić information content (AvgIpc) is 2.84. The predicted octanol–water partition coefficient (Wildman–Crippen LogP) is 6.39. The van der Waals surface area contributed by atoms with Crippen LogP contribution in [0.3, 0.4) is 0 Å². The summed E-state index contributed by atoms with van der Waals surface area (Å²) < 4.78 is 27.4. The Balaban J connectivity index is 0.00000361. The van der Waals surface area contributed by atoms with E-state index in [1.54, 1.807) is 36.4 Å². The molecule has 5 nitrogen and oxygen atoms in total. The summed E-state index contributed by atoms with van der Waals surface area (Å²) in [6.07, 6.45) is 0. The maximum Gasteiger partial charge on any atom is 2.00 e. The van der Waals surface area contributed by atoms with Gasteiger partial charge in [0.05, 0.1) is 11.4 Å². The van der Waals surface area contributed by atoms with Gasteiger partial charge in [-0.15, -0.1) is 6.07 Å². The third-order valence-corrected chi connectivity index (χ3v) is 5.86. The van der Waals surface area contributed by atoms with E-state index < -0.39 is 28.8 Å². The molecule has 4 aromatic rings. The maximum absolute atomic E-state index is 14.2. The van der Waals surface area contributed by atoms with Crippen LogP contribution in [0.15, 0.2) is 72.8 Å². The smallest absolute Gasteiger partial charge is 0.639 e. The quantitative estimate of drug-likeness (QED) is 0.177. The van der Waals surface area contributed by atoms with E-state index in [1.807, 2.05) is 58.0 Å². The van der Waals surface area contributed by atoms with E-state index in [4.69, 9.17) is 0 Å². The SMILES string of the molecule is CC(C)([N-]C(=O)c1cccc(C(C)(C)c2cccc(-c3[c-]cc(F)nc3F)n2)n1)c1ccccc1.[Pt+2]. The molecule has 0 aliphatic carbocycles. The first kappa shape index (κ1) is 27.3. The predicted molar refractivity (Wildman–Crippen MR) is 130 cm³/mol. The fourth-order valence-corrected chi connectivity index (χ4v) is 3.73. The molecule has 36 heavy (non-hydrogen) atoms. The molecule has 186 valence electrons. The largest absolute Gasteiger partial charge is 2.00 e. The molecule has 0 saturated carbocycles. The summed E-state index contributed by atoms with van der Waals surface area (Å²) in [6, 6.07) is 23.4. The van der Waals surface area contributed by atoms with Gasteiger partial charge in [-0.1, -0.05) is 85.1 Å². The third-order valence-electron chi connectivity index (χ3n) is 5.86. The molecule has 0 spiro atoms. The molecule has 1 aromatic carbocycles. The minimum atomic E-state index is -0.985. The molecule has 0 radical (unpaired) electrons. The first-order valence-electron chi connectivity index (χ1n) is 11.1. The van der Waals surface area contributed by atoms with E-state index in [0.29, 0.717) is 11.4 Å². The number of nitrogens with zero attached hydrogens (tertiary/aromatic N) is 4. The van der Waals surface area contributed by atoms with E-state index in [0.717, 1.165) is 11.6 Å². The van der Waals surface area contributed by atoms with Gasteiger partial charge in [-0.25, -0.2) is 8.78 Å². The van der Waals surface area contributed by atoms with Gasteiger partial charge < -0.3 is 15.1 Å². The van der Waals surface area contributed by atoms with Crippen molar-refractivity contribution in [2.24, 2.45) is 0 Å². The van der Waals surface area contributed by atoms with Gasteiger partial charge in [-0.2, -0.15) is 0 Å². The Morgan fingerprint density at radius 1 is 0.833 bits per heavy atom. The van der Waals surface area contributed by atoms with Gasteiger partial charge in [0, 0.05) is 11.1 Å². The molecule has 0 aliphatic rings. The van der Waals surface area contributed by atoms with E-state index in [1.165, 1.54) is 0 Å². The van der Waals surface area contributed by atoms with Crippen LogP contribution in [-0.4, -0.2) is 20.9 Å². The van der Waals surface area contributed by atoms with Gasteiger partial charge in [0.15, 0.2) is 0 Å². The zero-order valence-electron chi connectivity index (χ0n) is 20.2. The van der Waals surface area contributed by atoms with Crippen LogP contribution in [-0.2, 0) is 32.0 Å². The summed E-state index contributed by atoms with van der Waals surface area (Å²) in [5, 5.41) is 4.42. The van der Waals surface area contributed by atoms with Gasteiger partial charge in [-0.3, -0.25) is 9.97 Å². The van der Waals surface area contributed by atoms with Gasteiger partial charge in [0.1, 0.15) is 17.8 Å². The van der Waals surface area contributed by atoms with Crippen molar-refractivity contribution in [3.63, 3.8) is 0 Å². The molecular weight excluding hydrogens is 641 g/mol. The Morgan fingerprint density at radius 2 is 1.47 bits per heavy atom. The number of carbonyl (C=O) groups is 1. The molecule has 4 rings (SSSR count). The average molecular weight is 666 g/mol. The Labute approximate surface area is 223 Å². The van der Waals surface area contributed by atoms with Crippen LogP contribution in [0.25, 0.3) is 16.6 Å². The Kier molecular flexibility index (Phi) is 8.15. The number of hydrogen-bond acceptors (Lipinski definition) is 4. The zero-order valence-corrected chi connectivity index (χ0v) is 22.5. The zero-order chi connectivity index (χ0) is 25.2. The fraction of sp³-hybridized carbons (Fsp3) is 0.214. The Bertz CT molecular complexity index is 1380. The molecule has 3 heterocycles. The standard InChI is InChI=1S/C28H25F2N4O.Pt/c1-27(2,22-14-8-12-20(31-22)19-16-17-24(29)33-25(19)30)23-15-9-13-21(32-23)26(35)34-28(3,4)18-10-6-5-7-11-18;/h5-15,17H,1-4H3,(H,34,35);/q-1;+2/p-1. The minimum absolute atomic E-state index is 0. The maximum atomic E-state index is 14.2. The molecule has 3 aromatic heterocycles. The summed E-state index contributed by atoms with van der Waals surface area (Å²) in [4.78, 5) is 25.4. The number of benzene rings is 1. The molecule has 0 bridgehead atoms. The van der Waals surface area contributed by atoms with Crippen molar-refractivity contribution >= 4 is 5.91 Å². The van der Waals surface area contributed by atoms with Crippen LogP contribution < -0.4 is 0 Å². The van der Waals surface area contributed by atoms with Crippen molar-refractivity contribution in [3.05, 3.63) is 119 Å². The van der Waals surface area contributed by atoms with Crippen LogP contribution in [0.5, 0.6) is 0 Å². The van der Waals surface area contributed by atoms with Gasteiger partial charge in [0.25, 0.3) is 0 Å². The van der Waals surface area contributed by atoms with Crippen molar-refractivity contribution in [2.45, 2.75) is 38.6 Å². The van der Waals surface area contributed by atoms with Crippen LogP contribution in [0.2, 0.25) is 0 Å². The second kappa shape index (κ2) is 10.8. The molecule has 8 heteroatoms. The summed E-state index contributed by atoms with van der Waals surface area (Å²) in [6.45, 7) is 7.57. The molecule has 0 N–H and O–H groups in total. The van der Waals surface area contributed by atoms with Gasteiger partial charge in [0.2, 0.25) is 0 Å². The molecule has 0 aliphatic heterocycles. The normalized spacial score (nSPS) is 11.5. The van der Waals surface area contributed by atoms with Crippen LogP contribution in [0.4, 0.5) is 8.78 Å². The first-order valence-corrected chi connectivity index (χ1v) is 11.1. The second-order valence-corrected chi connectivity index (χ2v) is 9.17. The van der Waals surface area contributed by atoms with Crippen LogP contribution >= 0.6 is 0 Å². The summed E-state index contributed by atoms with van der Waals surface area (Å²) >= 11 is 0. The molecule has 0 unspecified atom stereocenters. The number of amides is 1. The molecule has 0 fully saturated rings. The van der Waals surface area contributed by atoms with E-state index in [9.17, 15) is 13.6 Å². The number of halogens is 2. The van der Waals surface area contributed by atoms with Crippen molar-refractivity contribution < 1.29 is 34.6 Å². The summed E-state index contributed by atoms with van der Waals surface area (Å²) in [5.41, 5.74) is 1.13. The van der Waals surface area contributed by atoms with Gasteiger partial charge in [-0.05, 0) is 37.7 Å². The molecule has 0 atom stereocenters. The number of rotatable bonds is 6. The first-order chi connectivity index (χ1) is 16.6. The van der Waals surface area contributed by atoms with E-state index >= 15 is 0 Å². The van der Waals surface area contributed by atoms with Crippen molar-refractivity contribution in [1.29, 1.82) is 0 Å². The fourth-order valence-electron chi connectivity index (χ4n) is 3.73. The topological polar surface area (TPSA) is 69.8 Å². The Morgan fingerprint density at radius 3 is 2.14 bits per heavy atom. The third kappa shape index (κ3) is 5.73. The molecule has 0 saturated heterocycles. The summed E-state index contributed by atoms with van der Waals surface area (Å²) in [7, 11) is 0. The van der Waals surface area contributed by atoms with Crippen LogP contribution in [0.1, 0.15) is 55.1 Å².